The van der Waals surface area contributed by atoms with Gasteiger partial charge in [-0.3, -0.25) is 39.1 Å². The second kappa shape index (κ2) is 12.0. The monoisotopic (exact) mass is 594 g/mol. The van der Waals surface area contributed by atoms with Crippen LogP contribution in [0.4, 0.5) is 0 Å². The van der Waals surface area contributed by atoms with Gasteiger partial charge in [-0.2, -0.15) is 0 Å². The Kier molecular flexibility index (Phi) is 9.39. The Morgan fingerprint density at radius 2 is 0.973 bits per heavy atom. The summed E-state index contributed by atoms with van der Waals surface area (Å²) in [5.74, 6) is -5.63. The smallest absolute Gasteiger partial charge is 0.480 e. The van der Waals surface area contributed by atoms with Gasteiger partial charge in [0.2, 0.25) is 0 Å². The molecule has 13 heteroatoms. The SMILES string of the molecule is O=C(O)C1(C(=O)O)C=CN=C(c2ccccn2)C1.O=C(O)C1(C(=O)O)C=CN=C(c2ccccn2)C1.[Ru+2]. The summed E-state index contributed by atoms with van der Waals surface area (Å²) in [5.41, 5.74) is -2.27. The number of carboxylic acid groups (broad SMARTS) is 4. The molecule has 2 aliphatic rings. The van der Waals surface area contributed by atoms with E-state index in [9.17, 15) is 19.2 Å². The average Bonchev–Trinajstić information content (AvgIpc) is 2.89. The van der Waals surface area contributed by atoms with E-state index in [-0.39, 0.29) is 32.3 Å². The molecule has 0 aliphatic carbocycles. The zero-order chi connectivity index (χ0) is 26.3. The molecule has 0 saturated carbocycles. The molecule has 0 unspecified atom stereocenters. The molecule has 0 fully saturated rings. The number of pyridine rings is 2. The van der Waals surface area contributed by atoms with Crippen LogP contribution in [0.5, 0.6) is 0 Å². The van der Waals surface area contributed by atoms with Crippen molar-refractivity contribution in [1.29, 1.82) is 0 Å². The molecule has 0 aromatic carbocycles. The van der Waals surface area contributed by atoms with Crippen molar-refractivity contribution >= 4 is 35.3 Å². The maximum absolute atomic E-state index is 11.2. The maximum atomic E-state index is 11.2. The summed E-state index contributed by atoms with van der Waals surface area (Å²) in [6.07, 6.45) is 7.23. The number of nitrogens with zero attached hydrogens (tertiary/aromatic N) is 4. The zero-order valence-corrected chi connectivity index (χ0v) is 20.6. The second-order valence-electron chi connectivity index (χ2n) is 7.73. The third-order valence-electron chi connectivity index (χ3n) is 5.52. The van der Waals surface area contributed by atoms with Gasteiger partial charge in [-0.05, 0) is 36.4 Å². The number of aliphatic carboxylic acids is 4. The molecule has 0 spiro atoms. The van der Waals surface area contributed by atoms with Gasteiger partial charge in [0.25, 0.3) is 0 Å². The van der Waals surface area contributed by atoms with Crippen LogP contribution in [0.1, 0.15) is 24.2 Å². The first-order chi connectivity index (χ1) is 17.1. The molecule has 0 saturated heterocycles. The Balaban J connectivity index is 0.000000253. The maximum Gasteiger partial charge on any atom is 2.00 e. The summed E-state index contributed by atoms with van der Waals surface area (Å²) >= 11 is 0. The van der Waals surface area contributed by atoms with Crippen molar-refractivity contribution in [3.05, 3.63) is 84.7 Å². The normalized spacial score (nSPS) is 16.5. The second-order valence-corrected chi connectivity index (χ2v) is 7.73. The largest absolute Gasteiger partial charge is 2.00 e. The van der Waals surface area contributed by atoms with E-state index in [1.807, 2.05) is 0 Å². The fourth-order valence-electron chi connectivity index (χ4n) is 3.40. The molecule has 2 aromatic rings. The van der Waals surface area contributed by atoms with Crippen LogP contribution in [-0.2, 0) is 38.7 Å². The van der Waals surface area contributed by atoms with Crippen LogP contribution in [0.15, 0.2) is 83.3 Å². The van der Waals surface area contributed by atoms with Gasteiger partial charge >= 0.3 is 43.4 Å². The standard InChI is InChI=1S/2C12H10N2O4.Ru/c2*15-10(16)12(11(17)18)4-6-14-9(7-12)8-3-1-2-5-13-8;/h2*1-6H,7H2,(H,15,16)(H,17,18);/q;;+2. The molecule has 4 heterocycles. The number of aliphatic imine (C=N–C) groups is 2. The quantitative estimate of drug-likeness (QED) is 0.283. The fraction of sp³-hybridized carbons (Fsp3) is 0.167. The molecule has 4 rings (SSSR count). The first kappa shape index (κ1) is 28.9. The predicted octanol–water partition coefficient (Wildman–Crippen LogP) is 1.88. The number of carbonyl (C=O) groups is 4. The van der Waals surface area contributed by atoms with Crippen molar-refractivity contribution < 1.29 is 59.1 Å². The van der Waals surface area contributed by atoms with E-state index in [0.717, 1.165) is 12.2 Å². The summed E-state index contributed by atoms with van der Waals surface area (Å²) < 4.78 is 0. The Morgan fingerprint density at radius 1 is 0.622 bits per heavy atom. The topological polar surface area (TPSA) is 200 Å². The zero-order valence-electron chi connectivity index (χ0n) is 18.9. The van der Waals surface area contributed by atoms with Gasteiger partial charge in [0, 0.05) is 37.6 Å². The van der Waals surface area contributed by atoms with Gasteiger partial charge < -0.3 is 20.4 Å². The number of aromatic nitrogens is 2. The van der Waals surface area contributed by atoms with Crippen LogP contribution in [0.3, 0.4) is 0 Å². The van der Waals surface area contributed by atoms with Gasteiger partial charge in [0.05, 0.1) is 22.8 Å². The van der Waals surface area contributed by atoms with Crippen molar-refractivity contribution in [2.45, 2.75) is 12.8 Å². The summed E-state index contributed by atoms with van der Waals surface area (Å²) in [4.78, 5) is 60.8. The van der Waals surface area contributed by atoms with Gasteiger partial charge in [0.1, 0.15) is 0 Å². The van der Waals surface area contributed by atoms with E-state index in [0.29, 0.717) is 22.8 Å². The minimum Gasteiger partial charge on any atom is -0.480 e. The molecule has 0 bridgehead atoms. The Labute approximate surface area is 222 Å². The molecular weight excluding hydrogens is 573 g/mol. The number of hydrogen-bond donors (Lipinski definition) is 4. The molecule has 12 nitrogen and oxygen atoms in total. The molecule has 0 radical (unpaired) electrons. The van der Waals surface area contributed by atoms with Gasteiger partial charge in [-0.15, -0.1) is 0 Å². The first-order valence-corrected chi connectivity index (χ1v) is 10.4. The number of carboxylic acids is 4. The van der Waals surface area contributed by atoms with Gasteiger partial charge in [0.15, 0.2) is 10.8 Å². The van der Waals surface area contributed by atoms with Crippen LogP contribution >= 0.6 is 0 Å². The van der Waals surface area contributed by atoms with E-state index in [4.69, 9.17) is 20.4 Å². The Bertz CT molecular complexity index is 1180. The summed E-state index contributed by atoms with van der Waals surface area (Å²) in [6.45, 7) is 0. The molecule has 4 N–H and O–H groups in total. The van der Waals surface area contributed by atoms with Crippen LogP contribution in [-0.4, -0.2) is 65.7 Å². The molecule has 2 aromatic heterocycles. The van der Waals surface area contributed by atoms with Crippen LogP contribution < -0.4 is 0 Å². The van der Waals surface area contributed by atoms with Crippen molar-refractivity contribution in [3.63, 3.8) is 0 Å². The van der Waals surface area contributed by atoms with Crippen molar-refractivity contribution in [2.24, 2.45) is 20.8 Å². The summed E-state index contributed by atoms with van der Waals surface area (Å²) in [7, 11) is 0. The van der Waals surface area contributed by atoms with Crippen molar-refractivity contribution in [3.8, 4) is 0 Å². The molecule has 37 heavy (non-hydrogen) atoms. The molecule has 0 atom stereocenters. The molecular formula is C24H20N4O8Ru+2. The first-order valence-electron chi connectivity index (χ1n) is 10.4. The third-order valence-corrected chi connectivity index (χ3v) is 5.52. The van der Waals surface area contributed by atoms with E-state index < -0.39 is 34.7 Å². The van der Waals surface area contributed by atoms with Crippen LogP contribution in [0.25, 0.3) is 0 Å². The number of rotatable bonds is 6. The molecule has 0 amide bonds. The van der Waals surface area contributed by atoms with Crippen molar-refractivity contribution in [2.75, 3.05) is 0 Å². The van der Waals surface area contributed by atoms with Crippen LogP contribution in [0, 0.1) is 10.8 Å². The third kappa shape index (κ3) is 6.07. The average molecular weight is 594 g/mol. The molecule has 190 valence electrons. The fourth-order valence-corrected chi connectivity index (χ4v) is 3.40. The minimum absolute atomic E-state index is 0. The summed E-state index contributed by atoms with van der Waals surface area (Å²) in [5, 5.41) is 36.5. The van der Waals surface area contributed by atoms with Crippen LogP contribution in [0.2, 0.25) is 0 Å². The predicted molar refractivity (Wildman–Crippen MR) is 124 cm³/mol. The summed E-state index contributed by atoms with van der Waals surface area (Å²) in [6, 6.07) is 10.2. The molecule has 2 aliphatic heterocycles. The Hall–Kier alpha value is -4.38. The van der Waals surface area contributed by atoms with E-state index >= 15 is 0 Å². The number of hydrogen-bond acceptors (Lipinski definition) is 8. The Morgan fingerprint density at radius 3 is 1.24 bits per heavy atom. The minimum atomic E-state index is -1.96. The van der Waals surface area contributed by atoms with E-state index in [2.05, 4.69) is 20.0 Å². The van der Waals surface area contributed by atoms with Crippen molar-refractivity contribution in [1.82, 2.24) is 9.97 Å². The van der Waals surface area contributed by atoms with E-state index in [1.165, 1.54) is 12.4 Å². The van der Waals surface area contributed by atoms with Gasteiger partial charge in [-0.1, -0.05) is 12.1 Å². The van der Waals surface area contributed by atoms with E-state index in [1.54, 1.807) is 48.8 Å². The van der Waals surface area contributed by atoms with Gasteiger partial charge in [-0.25, -0.2) is 0 Å².